The Morgan fingerprint density at radius 1 is 1.21 bits per heavy atom. The minimum Gasteiger partial charge on any atom is -0.375 e. The molecule has 0 aromatic carbocycles. The first-order valence-corrected chi connectivity index (χ1v) is 9.50. The Bertz CT molecular complexity index is 565. The van der Waals surface area contributed by atoms with E-state index in [4.69, 9.17) is 16.3 Å². The number of hydrogen-bond donors (Lipinski definition) is 1. The second-order valence-corrected chi connectivity index (χ2v) is 8.67. The van der Waals surface area contributed by atoms with E-state index >= 15 is 0 Å². The van der Waals surface area contributed by atoms with Crippen LogP contribution in [0.1, 0.15) is 39.5 Å². The first-order chi connectivity index (χ1) is 11.5. The Kier molecular flexibility index (Phi) is 4.43. The van der Waals surface area contributed by atoms with E-state index in [2.05, 4.69) is 34.3 Å². The monoisotopic (exact) mass is 350 g/mol. The van der Waals surface area contributed by atoms with Gasteiger partial charge in [-0.15, -0.1) is 10.2 Å². The number of aromatic nitrogens is 2. The third-order valence-corrected chi connectivity index (χ3v) is 6.15. The molecular formula is C18H27ClN4O. The molecule has 6 heteroatoms. The van der Waals surface area contributed by atoms with Gasteiger partial charge in [-0.1, -0.05) is 11.6 Å². The van der Waals surface area contributed by atoms with Crippen molar-refractivity contribution in [2.75, 3.05) is 25.0 Å². The Balaban J connectivity index is 1.31. The highest BCUT2D eigenvalue weighted by molar-refractivity contribution is 6.29. The molecule has 3 unspecified atom stereocenters. The largest absolute Gasteiger partial charge is 0.375 e. The van der Waals surface area contributed by atoms with Crippen molar-refractivity contribution in [2.24, 2.45) is 11.8 Å². The molecule has 132 valence electrons. The first kappa shape index (κ1) is 16.6. The van der Waals surface area contributed by atoms with Crippen LogP contribution in [0.3, 0.4) is 0 Å². The minimum atomic E-state index is 0.0396. The van der Waals surface area contributed by atoms with Gasteiger partial charge in [0.15, 0.2) is 5.15 Å². The maximum atomic E-state index is 5.88. The van der Waals surface area contributed by atoms with E-state index in [0.29, 0.717) is 17.2 Å². The molecule has 0 amide bonds. The Hall–Kier alpha value is -0.910. The summed E-state index contributed by atoms with van der Waals surface area (Å²) in [6.45, 7) is 7.85. The van der Waals surface area contributed by atoms with E-state index in [0.717, 1.165) is 30.7 Å². The first-order valence-electron chi connectivity index (χ1n) is 9.12. The van der Waals surface area contributed by atoms with E-state index in [1.165, 1.54) is 32.4 Å². The van der Waals surface area contributed by atoms with E-state index < -0.39 is 0 Å². The smallest absolute Gasteiger partial charge is 0.151 e. The molecular weight excluding hydrogens is 324 g/mol. The lowest BCUT2D eigenvalue weighted by atomic mass is 9.93. The molecule has 3 atom stereocenters. The number of likely N-dealkylation sites (tertiary alicyclic amines) is 1. The lowest BCUT2D eigenvalue weighted by Crippen LogP contribution is -2.45. The van der Waals surface area contributed by atoms with Gasteiger partial charge in [-0.2, -0.15) is 0 Å². The fraction of sp³-hybridized carbons (Fsp3) is 0.778. The zero-order valence-corrected chi connectivity index (χ0v) is 15.3. The predicted octanol–water partition coefficient (Wildman–Crippen LogP) is 3.21. The van der Waals surface area contributed by atoms with Crippen molar-refractivity contribution in [2.45, 2.75) is 57.2 Å². The number of rotatable bonds is 3. The topological polar surface area (TPSA) is 50.3 Å². The third kappa shape index (κ3) is 3.53. The Labute approximate surface area is 149 Å². The van der Waals surface area contributed by atoms with E-state index in [1.54, 1.807) is 6.07 Å². The number of nitrogens with zero attached hydrogens (tertiary/aromatic N) is 3. The lowest BCUT2D eigenvalue weighted by Gasteiger charge is -2.40. The molecule has 3 aliphatic rings. The minimum absolute atomic E-state index is 0.0396. The summed E-state index contributed by atoms with van der Waals surface area (Å²) < 4.78 is 5.88. The molecule has 0 bridgehead atoms. The van der Waals surface area contributed by atoms with Crippen LogP contribution in [0.25, 0.3) is 0 Å². The van der Waals surface area contributed by atoms with Crippen molar-refractivity contribution in [1.29, 1.82) is 0 Å². The highest BCUT2D eigenvalue weighted by atomic mass is 35.5. The zero-order chi connectivity index (χ0) is 16.7. The standard InChI is InChI=1S/C18H27ClN4O/c1-18(2)9-15(5-6-24-18)23-10-12-7-14(8-13(12)11-23)20-17-4-3-16(19)21-22-17/h3-4,12-15H,5-11H2,1-2H3,(H,20,22). The van der Waals surface area contributed by atoms with Crippen molar-refractivity contribution < 1.29 is 4.74 Å². The van der Waals surface area contributed by atoms with Gasteiger partial charge >= 0.3 is 0 Å². The van der Waals surface area contributed by atoms with E-state index in [-0.39, 0.29) is 5.60 Å². The molecule has 3 heterocycles. The molecule has 4 rings (SSSR count). The van der Waals surface area contributed by atoms with Crippen LogP contribution in [-0.2, 0) is 4.74 Å². The molecule has 2 saturated heterocycles. The Morgan fingerprint density at radius 3 is 2.58 bits per heavy atom. The summed E-state index contributed by atoms with van der Waals surface area (Å²) in [6, 6.07) is 4.93. The van der Waals surface area contributed by atoms with Crippen LogP contribution in [0, 0.1) is 11.8 Å². The summed E-state index contributed by atoms with van der Waals surface area (Å²) in [4.78, 5) is 2.73. The van der Waals surface area contributed by atoms with Gasteiger partial charge in [-0.3, -0.25) is 4.90 Å². The number of fused-ring (bicyclic) bond motifs is 1. The summed E-state index contributed by atoms with van der Waals surface area (Å²) in [5.41, 5.74) is 0.0396. The number of nitrogens with one attached hydrogen (secondary N) is 1. The molecule has 24 heavy (non-hydrogen) atoms. The van der Waals surface area contributed by atoms with E-state index in [1.807, 2.05) is 6.07 Å². The summed E-state index contributed by atoms with van der Waals surface area (Å²) in [5, 5.41) is 12.0. The van der Waals surface area contributed by atoms with Crippen molar-refractivity contribution in [3.05, 3.63) is 17.3 Å². The second-order valence-electron chi connectivity index (χ2n) is 8.28. The molecule has 1 saturated carbocycles. The van der Waals surface area contributed by atoms with Crippen LogP contribution in [0.5, 0.6) is 0 Å². The number of halogens is 1. The molecule has 5 nitrogen and oxygen atoms in total. The highest BCUT2D eigenvalue weighted by Crippen LogP contribution is 2.41. The van der Waals surface area contributed by atoms with Crippen molar-refractivity contribution in [1.82, 2.24) is 15.1 Å². The zero-order valence-electron chi connectivity index (χ0n) is 14.5. The fourth-order valence-electron chi connectivity index (χ4n) is 4.87. The van der Waals surface area contributed by atoms with Crippen LogP contribution >= 0.6 is 11.6 Å². The summed E-state index contributed by atoms with van der Waals surface area (Å²) in [5.74, 6) is 2.47. The van der Waals surface area contributed by atoms with Gasteiger partial charge in [0.1, 0.15) is 5.82 Å². The van der Waals surface area contributed by atoms with Crippen LogP contribution in [0.2, 0.25) is 5.15 Å². The molecule has 1 aromatic rings. The molecule has 0 radical (unpaired) electrons. The van der Waals surface area contributed by atoms with Gasteiger partial charge in [0.05, 0.1) is 5.60 Å². The summed E-state index contributed by atoms with van der Waals surface area (Å²) in [6.07, 6.45) is 4.82. The van der Waals surface area contributed by atoms with Gasteiger partial charge < -0.3 is 10.1 Å². The number of anilines is 1. The Morgan fingerprint density at radius 2 is 1.96 bits per heavy atom. The second kappa shape index (κ2) is 6.43. The van der Waals surface area contributed by atoms with Crippen LogP contribution in [-0.4, -0.2) is 52.5 Å². The van der Waals surface area contributed by atoms with Crippen molar-refractivity contribution >= 4 is 17.4 Å². The third-order valence-electron chi connectivity index (χ3n) is 5.95. The SMILES string of the molecule is CC1(C)CC(N2CC3CC(Nc4ccc(Cl)nn4)CC3C2)CCO1. The molecule has 0 spiro atoms. The van der Waals surface area contributed by atoms with Gasteiger partial charge in [0, 0.05) is 31.8 Å². The number of hydrogen-bond acceptors (Lipinski definition) is 5. The maximum Gasteiger partial charge on any atom is 0.151 e. The van der Waals surface area contributed by atoms with Gasteiger partial charge in [0.2, 0.25) is 0 Å². The fourth-order valence-corrected chi connectivity index (χ4v) is 4.97. The van der Waals surface area contributed by atoms with E-state index in [9.17, 15) is 0 Å². The van der Waals surface area contributed by atoms with Gasteiger partial charge in [-0.05, 0) is 63.5 Å². The van der Waals surface area contributed by atoms with Crippen LogP contribution in [0.15, 0.2) is 12.1 Å². The molecule has 1 N–H and O–H groups in total. The van der Waals surface area contributed by atoms with Crippen molar-refractivity contribution in [3.63, 3.8) is 0 Å². The molecule has 3 fully saturated rings. The lowest BCUT2D eigenvalue weighted by molar-refractivity contribution is -0.0811. The van der Waals surface area contributed by atoms with Gasteiger partial charge in [0.25, 0.3) is 0 Å². The maximum absolute atomic E-state index is 5.88. The molecule has 1 aliphatic carbocycles. The predicted molar refractivity (Wildman–Crippen MR) is 95.3 cm³/mol. The summed E-state index contributed by atoms with van der Waals surface area (Å²) in [7, 11) is 0. The van der Waals surface area contributed by atoms with Crippen LogP contribution < -0.4 is 5.32 Å². The molecule has 2 aliphatic heterocycles. The quantitative estimate of drug-likeness (QED) is 0.907. The highest BCUT2D eigenvalue weighted by Gasteiger charge is 2.44. The number of ether oxygens (including phenoxy) is 1. The van der Waals surface area contributed by atoms with Crippen molar-refractivity contribution in [3.8, 4) is 0 Å². The normalized spacial score (nSPS) is 35.8. The van der Waals surface area contributed by atoms with Gasteiger partial charge in [-0.25, -0.2) is 0 Å². The summed E-state index contributed by atoms with van der Waals surface area (Å²) >= 11 is 5.80. The average Bonchev–Trinajstić information content (AvgIpc) is 3.07. The average molecular weight is 351 g/mol. The van der Waals surface area contributed by atoms with Crippen LogP contribution in [0.4, 0.5) is 5.82 Å². The molecule has 1 aromatic heterocycles.